The number of nitrogens with zero attached hydrogens (tertiary/aromatic N) is 1. The van der Waals surface area contributed by atoms with E-state index >= 15 is 0 Å². The number of nitrogens with one attached hydrogen (secondary N) is 1. The molecule has 0 spiro atoms. The fourth-order valence-electron chi connectivity index (χ4n) is 3.12. The van der Waals surface area contributed by atoms with Crippen LogP contribution in [0.15, 0.2) is 0 Å². The first-order valence-corrected chi connectivity index (χ1v) is 6.35. The molecule has 3 fully saturated rings. The minimum absolute atomic E-state index is 0.975. The molecule has 3 aliphatic rings. The highest BCUT2D eigenvalue weighted by Gasteiger charge is 2.34. The average molecular weight is 194 g/mol. The Morgan fingerprint density at radius 2 is 1.93 bits per heavy atom. The number of piperidine rings is 1. The number of fused-ring (bicyclic) bond motifs is 1. The Morgan fingerprint density at radius 3 is 2.71 bits per heavy atom. The zero-order chi connectivity index (χ0) is 9.38. The van der Waals surface area contributed by atoms with Crippen molar-refractivity contribution < 1.29 is 0 Å². The van der Waals surface area contributed by atoms with Crippen LogP contribution in [-0.2, 0) is 0 Å². The van der Waals surface area contributed by atoms with Crippen LogP contribution in [0.2, 0.25) is 0 Å². The van der Waals surface area contributed by atoms with Crippen LogP contribution in [0.3, 0.4) is 0 Å². The van der Waals surface area contributed by atoms with Crippen molar-refractivity contribution in [2.75, 3.05) is 32.7 Å². The molecule has 2 nitrogen and oxygen atoms in total. The molecule has 80 valence electrons. The molecule has 0 radical (unpaired) electrons. The van der Waals surface area contributed by atoms with Gasteiger partial charge in [0.25, 0.3) is 0 Å². The van der Waals surface area contributed by atoms with Crippen molar-refractivity contribution in [3.63, 3.8) is 0 Å². The Balaban J connectivity index is 1.47. The van der Waals surface area contributed by atoms with Gasteiger partial charge in [0.1, 0.15) is 0 Å². The summed E-state index contributed by atoms with van der Waals surface area (Å²) in [6, 6.07) is 0. The maximum atomic E-state index is 3.53. The van der Waals surface area contributed by atoms with Crippen LogP contribution in [0.1, 0.15) is 25.7 Å². The molecule has 0 bridgehead atoms. The number of rotatable bonds is 3. The standard InChI is InChI=1S/C12H22N2/c1-2-10(1)4-6-14-8-11-3-5-13-7-12(11)9-14/h10-13H,1-9H2. The molecule has 1 saturated carbocycles. The van der Waals surface area contributed by atoms with E-state index in [0.29, 0.717) is 0 Å². The summed E-state index contributed by atoms with van der Waals surface area (Å²) in [5, 5.41) is 3.53. The fraction of sp³-hybridized carbons (Fsp3) is 1.00. The first-order chi connectivity index (χ1) is 6.92. The van der Waals surface area contributed by atoms with Gasteiger partial charge in [-0.05, 0) is 50.2 Å². The molecule has 0 aromatic carbocycles. The molecule has 2 heterocycles. The van der Waals surface area contributed by atoms with Crippen LogP contribution in [-0.4, -0.2) is 37.6 Å². The molecule has 2 saturated heterocycles. The van der Waals surface area contributed by atoms with Crippen LogP contribution in [0.5, 0.6) is 0 Å². The van der Waals surface area contributed by atoms with E-state index in [4.69, 9.17) is 0 Å². The monoisotopic (exact) mass is 194 g/mol. The van der Waals surface area contributed by atoms with Crippen molar-refractivity contribution in [2.24, 2.45) is 17.8 Å². The van der Waals surface area contributed by atoms with Crippen molar-refractivity contribution in [3.05, 3.63) is 0 Å². The third-order valence-electron chi connectivity index (χ3n) is 4.30. The van der Waals surface area contributed by atoms with Crippen molar-refractivity contribution in [1.29, 1.82) is 0 Å². The molecule has 1 aliphatic carbocycles. The summed E-state index contributed by atoms with van der Waals surface area (Å²) in [5.74, 6) is 3.11. The SMILES string of the molecule is C1CC2CN(CCC3CC3)CC2CN1. The molecule has 3 rings (SSSR count). The molecule has 0 amide bonds. The van der Waals surface area contributed by atoms with E-state index in [1.54, 1.807) is 0 Å². The smallest absolute Gasteiger partial charge is 0.00251 e. The van der Waals surface area contributed by atoms with Crippen molar-refractivity contribution >= 4 is 0 Å². The molecular formula is C12H22N2. The van der Waals surface area contributed by atoms with Gasteiger partial charge in [-0.25, -0.2) is 0 Å². The van der Waals surface area contributed by atoms with Gasteiger partial charge < -0.3 is 10.2 Å². The Morgan fingerprint density at radius 1 is 1.07 bits per heavy atom. The van der Waals surface area contributed by atoms with E-state index < -0.39 is 0 Å². The molecule has 0 aromatic rings. The summed E-state index contributed by atoms with van der Waals surface area (Å²) in [6.07, 6.45) is 5.93. The van der Waals surface area contributed by atoms with E-state index in [1.807, 2.05) is 0 Å². The highest BCUT2D eigenvalue weighted by atomic mass is 15.2. The average Bonchev–Trinajstić information content (AvgIpc) is 2.94. The maximum Gasteiger partial charge on any atom is 0.00251 e. The molecule has 14 heavy (non-hydrogen) atoms. The molecule has 2 atom stereocenters. The lowest BCUT2D eigenvalue weighted by Gasteiger charge is -2.24. The summed E-state index contributed by atoms with van der Waals surface area (Å²) in [5.41, 5.74) is 0. The van der Waals surface area contributed by atoms with Gasteiger partial charge in [-0.1, -0.05) is 12.8 Å². The Hall–Kier alpha value is -0.0800. The first kappa shape index (κ1) is 9.17. The zero-order valence-electron chi connectivity index (χ0n) is 9.04. The van der Waals surface area contributed by atoms with Crippen molar-refractivity contribution in [2.45, 2.75) is 25.7 Å². The minimum atomic E-state index is 0.975. The Kier molecular flexibility index (Phi) is 2.50. The van der Waals surface area contributed by atoms with Gasteiger partial charge in [0.05, 0.1) is 0 Å². The van der Waals surface area contributed by atoms with Crippen LogP contribution in [0.25, 0.3) is 0 Å². The third kappa shape index (κ3) is 1.96. The van der Waals surface area contributed by atoms with Gasteiger partial charge >= 0.3 is 0 Å². The Bertz CT molecular complexity index is 186. The highest BCUT2D eigenvalue weighted by Crippen LogP contribution is 2.34. The predicted molar refractivity (Wildman–Crippen MR) is 58.2 cm³/mol. The number of hydrogen-bond acceptors (Lipinski definition) is 2. The van der Waals surface area contributed by atoms with Gasteiger partial charge in [-0.2, -0.15) is 0 Å². The largest absolute Gasteiger partial charge is 0.316 e. The molecule has 1 N–H and O–H groups in total. The molecular weight excluding hydrogens is 172 g/mol. The van der Waals surface area contributed by atoms with E-state index in [-0.39, 0.29) is 0 Å². The van der Waals surface area contributed by atoms with Crippen LogP contribution < -0.4 is 5.32 Å². The maximum absolute atomic E-state index is 3.53. The van der Waals surface area contributed by atoms with Gasteiger partial charge in [-0.15, -0.1) is 0 Å². The van der Waals surface area contributed by atoms with E-state index in [1.165, 1.54) is 58.4 Å². The van der Waals surface area contributed by atoms with Gasteiger partial charge in [0.2, 0.25) is 0 Å². The molecule has 0 aromatic heterocycles. The van der Waals surface area contributed by atoms with E-state index in [9.17, 15) is 0 Å². The van der Waals surface area contributed by atoms with E-state index in [0.717, 1.165) is 17.8 Å². The summed E-state index contributed by atoms with van der Waals surface area (Å²) >= 11 is 0. The lowest BCUT2D eigenvalue weighted by molar-refractivity contribution is 0.310. The van der Waals surface area contributed by atoms with Gasteiger partial charge in [0.15, 0.2) is 0 Å². The quantitative estimate of drug-likeness (QED) is 0.729. The Labute approximate surface area is 87.0 Å². The molecule has 2 aliphatic heterocycles. The number of hydrogen-bond donors (Lipinski definition) is 1. The summed E-state index contributed by atoms with van der Waals surface area (Å²) in [4.78, 5) is 2.72. The second kappa shape index (κ2) is 3.82. The lowest BCUT2D eigenvalue weighted by atomic mass is 9.90. The van der Waals surface area contributed by atoms with Gasteiger partial charge in [0, 0.05) is 13.1 Å². The minimum Gasteiger partial charge on any atom is -0.316 e. The summed E-state index contributed by atoms with van der Waals surface area (Å²) in [7, 11) is 0. The van der Waals surface area contributed by atoms with Crippen LogP contribution in [0, 0.1) is 17.8 Å². The second-order valence-corrected chi connectivity index (χ2v) is 5.50. The highest BCUT2D eigenvalue weighted by molar-refractivity contribution is 4.89. The second-order valence-electron chi connectivity index (χ2n) is 5.50. The van der Waals surface area contributed by atoms with Crippen molar-refractivity contribution in [3.8, 4) is 0 Å². The summed E-state index contributed by atoms with van der Waals surface area (Å²) < 4.78 is 0. The van der Waals surface area contributed by atoms with Crippen molar-refractivity contribution in [1.82, 2.24) is 10.2 Å². The predicted octanol–water partition coefficient (Wildman–Crippen LogP) is 1.33. The lowest BCUT2D eigenvalue weighted by Crippen LogP contribution is -2.35. The van der Waals surface area contributed by atoms with Gasteiger partial charge in [-0.3, -0.25) is 0 Å². The molecule has 2 unspecified atom stereocenters. The number of likely N-dealkylation sites (tertiary alicyclic amines) is 1. The topological polar surface area (TPSA) is 15.3 Å². The van der Waals surface area contributed by atoms with E-state index in [2.05, 4.69) is 10.2 Å². The zero-order valence-corrected chi connectivity index (χ0v) is 9.04. The molecule has 2 heteroatoms. The summed E-state index contributed by atoms with van der Waals surface area (Å²) in [6.45, 7) is 6.71. The normalized spacial score (nSPS) is 38.6. The fourth-order valence-corrected chi connectivity index (χ4v) is 3.12. The van der Waals surface area contributed by atoms with Crippen LogP contribution >= 0.6 is 0 Å². The van der Waals surface area contributed by atoms with Crippen LogP contribution in [0.4, 0.5) is 0 Å². The first-order valence-electron chi connectivity index (χ1n) is 6.35. The third-order valence-corrected chi connectivity index (χ3v) is 4.30.